The smallest absolute Gasteiger partial charge is 0.275 e. The molecular formula is C12H18N2O4S. The van der Waals surface area contributed by atoms with Crippen LogP contribution in [-0.2, 0) is 10.8 Å². The van der Waals surface area contributed by atoms with Gasteiger partial charge in [-0.2, -0.15) is 0 Å². The maximum absolute atomic E-state index is 11.3. The fraction of sp³-hybridized carbons (Fsp3) is 0.500. The van der Waals surface area contributed by atoms with Crippen molar-refractivity contribution in [3.05, 3.63) is 28.3 Å². The molecule has 0 saturated heterocycles. The number of hydrogen-bond acceptors (Lipinski definition) is 5. The summed E-state index contributed by atoms with van der Waals surface area (Å²) in [5, 5.41) is 13.8. The highest BCUT2D eigenvalue weighted by Gasteiger charge is 2.10. The average Bonchev–Trinajstić information content (AvgIpc) is 2.38. The van der Waals surface area contributed by atoms with E-state index in [0.717, 1.165) is 0 Å². The minimum Gasteiger partial charge on any atom is -0.494 e. The Morgan fingerprint density at radius 1 is 1.37 bits per heavy atom. The van der Waals surface area contributed by atoms with Crippen molar-refractivity contribution >= 4 is 22.2 Å². The number of hydrogen-bond donors (Lipinski definition) is 1. The molecular weight excluding hydrogens is 268 g/mol. The average molecular weight is 286 g/mol. The molecule has 0 aliphatic rings. The topological polar surface area (TPSA) is 81.5 Å². The predicted molar refractivity (Wildman–Crippen MR) is 76.3 cm³/mol. The Morgan fingerprint density at radius 2 is 2.11 bits per heavy atom. The zero-order valence-electron chi connectivity index (χ0n) is 11.0. The molecule has 1 N–H and O–H groups in total. The number of nitro groups is 1. The summed E-state index contributed by atoms with van der Waals surface area (Å²) in [5.41, 5.74) is 0.579. The van der Waals surface area contributed by atoms with E-state index in [1.807, 2.05) is 13.8 Å². The normalized spacial score (nSPS) is 11.9. The van der Waals surface area contributed by atoms with Crippen molar-refractivity contribution in [2.45, 2.75) is 13.8 Å². The summed E-state index contributed by atoms with van der Waals surface area (Å²) in [6.45, 7) is 4.63. The summed E-state index contributed by atoms with van der Waals surface area (Å²) in [5.74, 6) is 1.58. The number of anilines is 1. The molecule has 19 heavy (non-hydrogen) atoms. The van der Waals surface area contributed by atoms with Crippen LogP contribution in [0.3, 0.4) is 0 Å². The third kappa shape index (κ3) is 5.25. The van der Waals surface area contributed by atoms with E-state index in [-0.39, 0.29) is 5.69 Å². The lowest BCUT2D eigenvalue weighted by Gasteiger charge is -2.09. The van der Waals surface area contributed by atoms with Gasteiger partial charge in [-0.05, 0) is 6.92 Å². The minimum atomic E-state index is -0.851. The maximum atomic E-state index is 11.3. The van der Waals surface area contributed by atoms with E-state index in [9.17, 15) is 14.3 Å². The van der Waals surface area contributed by atoms with E-state index in [1.54, 1.807) is 6.07 Å². The molecule has 0 bridgehead atoms. The highest BCUT2D eigenvalue weighted by molar-refractivity contribution is 7.84. The molecule has 7 heteroatoms. The van der Waals surface area contributed by atoms with Gasteiger partial charge in [0.15, 0.2) is 0 Å². The molecule has 1 unspecified atom stereocenters. The Bertz CT molecular complexity index is 465. The molecule has 1 aromatic carbocycles. The first kappa shape index (κ1) is 15.4. The summed E-state index contributed by atoms with van der Waals surface area (Å²) < 4.78 is 16.6. The summed E-state index contributed by atoms with van der Waals surface area (Å²) in [4.78, 5) is 10.4. The molecule has 0 radical (unpaired) electrons. The van der Waals surface area contributed by atoms with Crippen molar-refractivity contribution < 1.29 is 13.9 Å². The lowest BCUT2D eigenvalue weighted by molar-refractivity contribution is -0.384. The number of nitro benzene ring substituents is 1. The van der Waals surface area contributed by atoms with Crippen LogP contribution in [0, 0.1) is 10.1 Å². The monoisotopic (exact) mass is 286 g/mol. The first-order valence-electron chi connectivity index (χ1n) is 6.08. The molecule has 0 aromatic heterocycles. The maximum Gasteiger partial charge on any atom is 0.275 e. The SMILES string of the molecule is CCOc1cc(NCCS(=O)CC)cc([N+](=O)[O-])c1. The molecule has 0 amide bonds. The molecule has 106 valence electrons. The predicted octanol–water partition coefficient (Wildman–Crippen LogP) is 2.17. The van der Waals surface area contributed by atoms with Crippen molar-refractivity contribution in [3.8, 4) is 5.75 Å². The molecule has 0 aliphatic heterocycles. The summed E-state index contributed by atoms with van der Waals surface area (Å²) in [7, 11) is -0.851. The lowest BCUT2D eigenvalue weighted by atomic mass is 10.2. The van der Waals surface area contributed by atoms with E-state index < -0.39 is 15.7 Å². The third-order valence-electron chi connectivity index (χ3n) is 2.39. The number of benzene rings is 1. The van der Waals surface area contributed by atoms with Gasteiger partial charge in [0.05, 0.1) is 17.6 Å². The second-order valence-electron chi connectivity index (χ2n) is 3.77. The van der Waals surface area contributed by atoms with E-state index in [0.29, 0.717) is 36.1 Å². The number of non-ortho nitro benzene ring substituents is 1. The minimum absolute atomic E-state index is 0.0231. The molecule has 0 heterocycles. The van der Waals surface area contributed by atoms with Crippen LogP contribution in [0.4, 0.5) is 11.4 Å². The molecule has 1 rings (SSSR count). The number of rotatable bonds is 8. The zero-order chi connectivity index (χ0) is 14.3. The molecule has 6 nitrogen and oxygen atoms in total. The molecule has 1 atom stereocenters. The summed E-state index contributed by atoms with van der Waals surface area (Å²) >= 11 is 0. The van der Waals surface area contributed by atoms with Gasteiger partial charge < -0.3 is 10.1 Å². The van der Waals surface area contributed by atoms with E-state index in [4.69, 9.17) is 4.74 Å². The van der Waals surface area contributed by atoms with Crippen LogP contribution in [0.1, 0.15) is 13.8 Å². The first-order chi connectivity index (χ1) is 9.06. The van der Waals surface area contributed by atoms with Crippen LogP contribution in [-0.4, -0.2) is 33.8 Å². The summed E-state index contributed by atoms with van der Waals surface area (Å²) in [6.07, 6.45) is 0. The zero-order valence-corrected chi connectivity index (χ0v) is 11.9. The highest BCUT2D eigenvalue weighted by Crippen LogP contribution is 2.25. The second kappa shape index (κ2) is 7.73. The Labute approximate surface area is 114 Å². The highest BCUT2D eigenvalue weighted by atomic mass is 32.2. The van der Waals surface area contributed by atoms with Gasteiger partial charge in [-0.3, -0.25) is 14.3 Å². The van der Waals surface area contributed by atoms with Crippen LogP contribution in [0.2, 0.25) is 0 Å². The van der Waals surface area contributed by atoms with Crippen molar-refractivity contribution in [2.24, 2.45) is 0 Å². The fourth-order valence-electron chi connectivity index (χ4n) is 1.49. The third-order valence-corrected chi connectivity index (χ3v) is 3.70. The quantitative estimate of drug-likeness (QED) is 0.585. The number of nitrogens with one attached hydrogen (secondary N) is 1. The molecule has 1 aromatic rings. The second-order valence-corrected chi connectivity index (χ2v) is 5.63. The van der Waals surface area contributed by atoms with Crippen molar-refractivity contribution in [3.63, 3.8) is 0 Å². The number of ether oxygens (including phenoxy) is 1. The van der Waals surface area contributed by atoms with Crippen LogP contribution >= 0.6 is 0 Å². The van der Waals surface area contributed by atoms with Crippen molar-refractivity contribution in [1.82, 2.24) is 0 Å². The van der Waals surface area contributed by atoms with Crippen LogP contribution in [0.25, 0.3) is 0 Å². The Kier molecular flexibility index (Phi) is 6.27. The van der Waals surface area contributed by atoms with Crippen molar-refractivity contribution in [2.75, 3.05) is 30.0 Å². The molecule has 0 saturated carbocycles. The standard InChI is InChI=1S/C12H18N2O4S/c1-3-18-12-8-10(7-11(9-12)14(15)16)13-5-6-19(17)4-2/h7-9,13H,3-6H2,1-2H3. The van der Waals surface area contributed by atoms with Gasteiger partial charge in [0.25, 0.3) is 5.69 Å². The van der Waals surface area contributed by atoms with E-state index in [2.05, 4.69) is 5.32 Å². The lowest BCUT2D eigenvalue weighted by Crippen LogP contribution is -2.12. The molecule has 0 fully saturated rings. The first-order valence-corrected chi connectivity index (χ1v) is 7.56. The summed E-state index contributed by atoms with van der Waals surface area (Å²) in [6, 6.07) is 4.53. The van der Waals surface area contributed by atoms with Gasteiger partial charge in [0, 0.05) is 46.7 Å². The number of nitrogens with zero attached hydrogens (tertiary/aromatic N) is 1. The van der Waals surface area contributed by atoms with Gasteiger partial charge in [-0.1, -0.05) is 6.92 Å². The molecule has 0 aliphatic carbocycles. The Balaban J connectivity index is 2.75. The largest absolute Gasteiger partial charge is 0.494 e. The van der Waals surface area contributed by atoms with E-state index >= 15 is 0 Å². The van der Waals surface area contributed by atoms with Crippen LogP contribution in [0.5, 0.6) is 5.75 Å². The Morgan fingerprint density at radius 3 is 2.68 bits per heavy atom. The van der Waals surface area contributed by atoms with Gasteiger partial charge in [0.1, 0.15) is 5.75 Å². The van der Waals surface area contributed by atoms with Crippen molar-refractivity contribution in [1.29, 1.82) is 0 Å². The van der Waals surface area contributed by atoms with Crippen LogP contribution < -0.4 is 10.1 Å². The van der Waals surface area contributed by atoms with Gasteiger partial charge >= 0.3 is 0 Å². The Hall–Kier alpha value is -1.63. The van der Waals surface area contributed by atoms with Gasteiger partial charge in [-0.15, -0.1) is 0 Å². The molecule has 0 spiro atoms. The van der Waals surface area contributed by atoms with Crippen LogP contribution in [0.15, 0.2) is 18.2 Å². The van der Waals surface area contributed by atoms with Gasteiger partial charge in [0.2, 0.25) is 0 Å². The van der Waals surface area contributed by atoms with E-state index in [1.165, 1.54) is 12.1 Å². The van der Waals surface area contributed by atoms with Gasteiger partial charge in [-0.25, -0.2) is 0 Å². The fourth-order valence-corrected chi connectivity index (χ4v) is 2.11.